The quantitative estimate of drug-likeness (QED) is 0.474. The van der Waals surface area contributed by atoms with Gasteiger partial charge in [0.15, 0.2) is 0 Å². The number of carbonyl (C=O) groups excluding carboxylic acids is 2. The standard InChI is InChI=1S/C10H14N2O6/c11-7(13)3-1-5(9(15)16)4(8(12)14)2-6(3)10(17)18/h3-6H,1-2H2,(H2,11,13)(H2,12,14)(H,15,16)(H,17,18). The first kappa shape index (κ1) is 13.9. The van der Waals surface area contributed by atoms with Crippen molar-refractivity contribution in [3.05, 3.63) is 0 Å². The first-order valence-electron chi connectivity index (χ1n) is 5.30. The summed E-state index contributed by atoms with van der Waals surface area (Å²) in [4.78, 5) is 44.3. The number of amides is 2. The molecule has 1 aliphatic carbocycles. The maximum Gasteiger partial charge on any atom is 0.307 e. The van der Waals surface area contributed by atoms with Crippen LogP contribution in [0.4, 0.5) is 0 Å². The summed E-state index contributed by atoms with van der Waals surface area (Å²) in [6.07, 6.45) is -0.565. The van der Waals surface area contributed by atoms with Crippen LogP contribution >= 0.6 is 0 Å². The van der Waals surface area contributed by atoms with E-state index in [2.05, 4.69) is 0 Å². The van der Waals surface area contributed by atoms with Gasteiger partial charge in [-0.1, -0.05) is 0 Å². The normalized spacial score (nSPS) is 31.6. The number of nitrogens with two attached hydrogens (primary N) is 2. The molecule has 18 heavy (non-hydrogen) atoms. The van der Waals surface area contributed by atoms with Crippen LogP contribution in [0.3, 0.4) is 0 Å². The van der Waals surface area contributed by atoms with E-state index in [1.807, 2.05) is 0 Å². The number of rotatable bonds is 4. The predicted octanol–water partition coefficient (Wildman–Crippen LogP) is -1.62. The van der Waals surface area contributed by atoms with Gasteiger partial charge in [-0.05, 0) is 12.8 Å². The lowest BCUT2D eigenvalue weighted by molar-refractivity contribution is -0.158. The Labute approximate surface area is 102 Å². The molecule has 0 aromatic carbocycles. The summed E-state index contributed by atoms with van der Waals surface area (Å²) in [6, 6.07) is 0. The molecule has 1 rings (SSSR count). The highest BCUT2D eigenvalue weighted by Gasteiger charge is 2.47. The van der Waals surface area contributed by atoms with Crippen molar-refractivity contribution in [2.75, 3.05) is 0 Å². The van der Waals surface area contributed by atoms with Crippen LogP contribution in [0.15, 0.2) is 0 Å². The summed E-state index contributed by atoms with van der Waals surface area (Å²) in [6.45, 7) is 0. The van der Waals surface area contributed by atoms with Crippen molar-refractivity contribution in [1.29, 1.82) is 0 Å². The third-order valence-electron chi connectivity index (χ3n) is 3.35. The SMILES string of the molecule is NC(=O)C1CC(C(=O)O)C(C(N)=O)CC1C(=O)O. The second-order valence-electron chi connectivity index (χ2n) is 4.38. The lowest BCUT2D eigenvalue weighted by Crippen LogP contribution is -2.48. The second-order valence-corrected chi connectivity index (χ2v) is 4.38. The van der Waals surface area contributed by atoms with E-state index in [-0.39, 0.29) is 12.8 Å². The molecule has 1 fully saturated rings. The van der Waals surface area contributed by atoms with Gasteiger partial charge < -0.3 is 21.7 Å². The number of primary amides is 2. The molecule has 2 amide bonds. The molecule has 4 unspecified atom stereocenters. The van der Waals surface area contributed by atoms with E-state index in [1.165, 1.54) is 0 Å². The van der Waals surface area contributed by atoms with E-state index in [1.54, 1.807) is 0 Å². The molecule has 0 bridgehead atoms. The lowest BCUT2D eigenvalue weighted by atomic mass is 9.67. The van der Waals surface area contributed by atoms with Crippen LogP contribution in [0.2, 0.25) is 0 Å². The largest absolute Gasteiger partial charge is 0.481 e. The van der Waals surface area contributed by atoms with Crippen molar-refractivity contribution < 1.29 is 29.4 Å². The van der Waals surface area contributed by atoms with Crippen molar-refractivity contribution in [2.24, 2.45) is 35.1 Å². The monoisotopic (exact) mass is 258 g/mol. The average Bonchev–Trinajstić information content (AvgIpc) is 2.26. The van der Waals surface area contributed by atoms with Crippen LogP contribution in [-0.2, 0) is 19.2 Å². The molecule has 6 N–H and O–H groups in total. The maximum atomic E-state index is 11.2. The summed E-state index contributed by atoms with van der Waals surface area (Å²) in [5.74, 6) is -8.86. The first-order valence-corrected chi connectivity index (χ1v) is 5.30. The van der Waals surface area contributed by atoms with Gasteiger partial charge in [-0.2, -0.15) is 0 Å². The van der Waals surface area contributed by atoms with Crippen molar-refractivity contribution in [3.8, 4) is 0 Å². The molecule has 0 aromatic heterocycles. The fraction of sp³-hybridized carbons (Fsp3) is 0.600. The lowest BCUT2D eigenvalue weighted by Gasteiger charge is -2.34. The molecule has 0 heterocycles. The van der Waals surface area contributed by atoms with Crippen LogP contribution in [0.25, 0.3) is 0 Å². The van der Waals surface area contributed by atoms with Gasteiger partial charge in [-0.25, -0.2) is 0 Å². The number of carboxylic acid groups (broad SMARTS) is 2. The Morgan fingerprint density at radius 3 is 1.17 bits per heavy atom. The summed E-state index contributed by atoms with van der Waals surface area (Å²) in [5.41, 5.74) is 10.1. The summed E-state index contributed by atoms with van der Waals surface area (Å²) < 4.78 is 0. The number of aliphatic carboxylic acids is 2. The molecule has 0 aromatic rings. The zero-order chi connectivity index (χ0) is 14.0. The van der Waals surface area contributed by atoms with E-state index in [4.69, 9.17) is 21.7 Å². The third-order valence-corrected chi connectivity index (χ3v) is 3.35. The second kappa shape index (κ2) is 5.03. The maximum absolute atomic E-state index is 11.2. The van der Waals surface area contributed by atoms with Crippen molar-refractivity contribution in [2.45, 2.75) is 12.8 Å². The molecule has 0 aliphatic heterocycles. The van der Waals surface area contributed by atoms with Gasteiger partial charge in [0.05, 0.1) is 23.7 Å². The van der Waals surface area contributed by atoms with Crippen LogP contribution in [0.5, 0.6) is 0 Å². The summed E-state index contributed by atoms with van der Waals surface area (Å²) in [7, 11) is 0. The Morgan fingerprint density at radius 1 is 0.722 bits per heavy atom. The smallest absolute Gasteiger partial charge is 0.307 e. The summed E-state index contributed by atoms with van der Waals surface area (Å²) in [5, 5.41) is 17.9. The fourth-order valence-electron chi connectivity index (χ4n) is 2.38. The molecule has 1 saturated carbocycles. The number of carbonyl (C=O) groups is 4. The topological polar surface area (TPSA) is 161 Å². The molecular weight excluding hydrogens is 244 g/mol. The molecular formula is C10H14N2O6. The number of hydrogen-bond donors (Lipinski definition) is 4. The van der Waals surface area contributed by atoms with Crippen molar-refractivity contribution in [3.63, 3.8) is 0 Å². The van der Waals surface area contributed by atoms with Gasteiger partial charge in [0.1, 0.15) is 0 Å². The molecule has 0 spiro atoms. The highest BCUT2D eigenvalue weighted by molar-refractivity contribution is 5.88. The van der Waals surface area contributed by atoms with Crippen molar-refractivity contribution in [1.82, 2.24) is 0 Å². The molecule has 8 nitrogen and oxygen atoms in total. The van der Waals surface area contributed by atoms with E-state index in [0.717, 1.165) is 0 Å². The van der Waals surface area contributed by atoms with E-state index in [9.17, 15) is 19.2 Å². The zero-order valence-electron chi connectivity index (χ0n) is 9.41. The van der Waals surface area contributed by atoms with Crippen molar-refractivity contribution >= 4 is 23.8 Å². The zero-order valence-corrected chi connectivity index (χ0v) is 9.41. The van der Waals surface area contributed by atoms with Gasteiger partial charge in [-0.3, -0.25) is 19.2 Å². The van der Waals surface area contributed by atoms with E-state index in [0.29, 0.717) is 0 Å². The van der Waals surface area contributed by atoms with Crippen LogP contribution in [0, 0.1) is 23.7 Å². The number of hydrogen-bond acceptors (Lipinski definition) is 4. The molecule has 100 valence electrons. The van der Waals surface area contributed by atoms with Crippen LogP contribution in [-0.4, -0.2) is 34.0 Å². The molecule has 1 aliphatic rings. The minimum absolute atomic E-state index is 0.282. The van der Waals surface area contributed by atoms with E-state index >= 15 is 0 Å². The van der Waals surface area contributed by atoms with Crippen LogP contribution < -0.4 is 11.5 Å². The first-order chi connectivity index (χ1) is 8.25. The van der Waals surface area contributed by atoms with Gasteiger partial charge in [0, 0.05) is 0 Å². The van der Waals surface area contributed by atoms with E-state index < -0.39 is 47.4 Å². The Kier molecular flexibility index (Phi) is 3.89. The Hall–Kier alpha value is -2.12. The minimum Gasteiger partial charge on any atom is -0.481 e. The third kappa shape index (κ3) is 2.58. The Balaban J connectivity index is 3.06. The van der Waals surface area contributed by atoms with Crippen LogP contribution in [0.1, 0.15) is 12.8 Å². The van der Waals surface area contributed by atoms with Gasteiger partial charge in [-0.15, -0.1) is 0 Å². The van der Waals surface area contributed by atoms with Gasteiger partial charge >= 0.3 is 11.9 Å². The molecule has 0 saturated heterocycles. The average molecular weight is 258 g/mol. The van der Waals surface area contributed by atoms with Gasteiger partial charge in [0.25, 0.3) is 0 Å². The summed E-state index contributed by atoms with van der Waals surface area (Å²) >= 11 is 0. The molecule has 8 heteroatoms. The van der Waals surface area contributed by atoms with Gasteiger partial charge in [0.2, 0.25) is 11.8 Å². The highest BCUT2D eigenvalue weighted by Crippen LogP contribution is 2.38. The Morgan fingerprint density at radius 2 is 1.00 bits per heavy atom. The Bertz CT molecular complexity index is 333. The highest BCUT2D eigenvalue weighted by atomic mass is 16.4. The minimum atomic E-state index is -1.28. The fourth-order valence-corrected chi connectivity index (χ4v) is 2.38. The molecule has 0 radical (unpaired) electrons. The molecule has 4 atom stereocenters. The number of carboxylic acids is 2. The predicted molar refractivity (Wildman–Crippen MR) is 56.9 cm³/mol.